The van der Waals surface area contributed by atoms with Gasteiger partial charge in [-0.2, -0.15) is 0 Å². The lowest BCUT2D eigenvalue weighted by molar-refractivity contribution is -0.121. The number of carbonyl (C=O) groups is 1. The Morgan fingerprint density at radius 2 is 1.74 bits per heavy atom. The van der Waals surface area contributed by atoms with E-state index < -0.39 is 0 Å². The highest BCUT2D eigenvalue weighted by molar-refractivity contribution is 5.79. The molecule has 27 heavy (non-hydrogen) atoms. The molecule has 3 aromatic heterocycles. The van der Waals surface area contributed by atoms with Crippen molar-refractivity contribution in [3.05, 3.63) is 83.0 Å². The highest BCUT2D eigenvalue weighted by Crippen LogP contribution is 2.15. The summed E-state index contributed by atoms with van der Waals surface area (Å²) in [7, 11) is 0. The third-order valence-corrected chi connectivity index (χ3v) is 4.62. The molecule has 0 radical (unpaired) electrons. The van der Waals surface area contributed by atoms with E-state index in [-0.39, 0.29) is 11.5 Å². The van der Waals surface area contributed by atoms with Gasteiger partial charge in [-0.25, -0.2) is 0 Å². The van der Waals surface area contributed by atoms with Crippen molar-refractivity contribution in [3.63, 3.8) is 0 Å². The largest absolute Gasteiger partial charge is 0.350 e. The van der Waals surface area contributed by atoms with E-state index in [2.05, 4.69) is 10.3 Å². The molecule has 0 aliphatic heterocycles. The predicted octanol–water partition coefficient (Wildman–Crippen LogP) is 2.75. The number of carbonyl (C=O) groups excluding carboxylic acids is 1. The number of aromatic nitrogens is 3. The molecule has 3 heterocycles. The van der Waals surface area contributed by atoms with Crippen molar-refractivity contribution in [3.8, 4) is 0 Å². The Morgan fingerprint density at radius 1 is 0.963 bits per heavy atom. The molecule has 0 saturated carbocycles. The number of pyridine rings is 1. The number of fused-ring (bicyclic) bond motifs is 3. The molecule has 0 unspecified atom stereocenters. The van der Waals surface area contributed by atoms with Gasteiger partial charge in [-0.05, 0) is 42.8 Å². The minimum Gasteiger partial charge on any atom is -0.350 e. The van der Waals surface area contributed by atoms with Crippen LogP contribution in [0.25, 0.3) is 16.6 Å². The summed E-state index contributed by atoms with van der Waals surface area (Å²) in [5.74, 6) is -0.0400. The number of para-hydroxylation sites is 2. The van der Waals surface area contributed by atoms with Gasteiger partial charge < -0.3 is 14.3 Å². The van der Waals surface area contributed by atoms with Crippen LogP contribution in [-0.2, 0) is 17.9 Å². The molecule has 6 nitrogen and oxygen atoms in total. The molecular formula is C21H20N4O2. The second kappa shape index (κ2) is 7.45. The first-order valence-corrected chi connectivity index (χ1v) is 8.99. The number of amides is 1. The summed E-state index contributed by atoms with van der Waals surface area (Å²) >= 11 is 0. The topological polar surface area (TPSA) is 68.4 Å². The summed E-state index contributed by atoms with van der Waals surface area (Å²) in [4.78, 5) is 29.1. The minimum atomic E-state index is -0.0400. The van der Waals surface area contributed by atoms with Gasteiger partial charge in [0.2, 0.25) is 5.91 Å². The van der Waals surface area contributed by atoms with Crippen LogP contribution in [0.3, 0.4) is 0 Å². The van der Waals surface area contributed by atoms with Crippen LogP contribution in [-0.4, -0.2) is 19.9 Å². The highest BCUT2D eigenvalue weighted by atomic mass is 16.1. The molecule has 1 N–H and O–H groups in total. The Labute approximate surface area is 156 Å². The Morgan fingerprint density at radius 3 is 2.56 bits per heavy atom. The van der Waals surface area contributed by atoms with Gasteiger partial charge in [-0.3, -0.25) is 14.6 Å². The minimum absolute atomic E-state index is 0.0346. The zero-order valence-electron chi connectivity index (χ0n) is 14.8. The number of nitrogens with one attached hydrogen (secondary N) is 1. The summed E-state index contributed by atoms with van der Waals surface area (Å²) in [6.45, 7) is 0.913. The van der Waals surface area contributed by atoms with Crippen LogP contribution in [0.15, 0.2) is 71.8 Å². The molecule has 0 saturated heterocycles. The lowest BCUT2D eigenvalue weighted by Gasteiger charge is -2.12. The van der Waals surface area contributed by atoms with Crippen LogP contribution in [0.2, 0.25) is 0 Å². The van der Waals surface area contributed by atoms with E-state index in [9.17, 15) is 9.59 Å². The third-order valence-electron chi connectivity index (χ3n) is 4.62. The van der Waals surface area contributed by atoms with Crippen molar-refractivity contribution in [1.29, 1.82) is 0 Å². The summed E-state index contributed by atoms with van der Waals surface area (Å²) in [6.07, 6.45) is 4.56. The summed E-state index contributed by atoms with van der Waals surface area (Å²) in [5.41, 5.74) is 3.30. The van der Waals surface area contributed by atoms with Crippen LogP contribution in [0.5, 0.6) is 0 Å². The molecular weight excluding hydrogens is 340 g/mol. The van der Waals surface area contributed by atoms with Crippen LogP contribution < -0.4 is 10.9 Å². The first kappa shape index (κ1) is 17.0. The van der Waals surface area contributed by atoms with E-state index in [0.717, 1.165) is 16.7 Å². The van der Waals surface area contributed by atoms with Crippen LogP contribution in [0.1, 0.15) is 18.5 Å². The average molecular weight is 360 g/mol. The van der Waals surface area contributed by atoms with E-state index in [0.29, 0.717) is 31.4 Å². The molecule has 4 aromatic rings. The Bertz CT molecular complexity index is 1150. The van der Waals surface area contributed by atoms with Crippen molar-refractivity contribution in [2.24, 2.45) is 0 Å². The summed E-state index contributed by atoms with van der Waals surface area (Å²) < 4.78 is 3.67. The maximum atomic E-state index is 12.8. The molecule has 0 spiro atoms. The zero-order chi connectivity index (χ0) is 18.6. The van der Waals surface area contributed by atoms with Crippen molar-refractivity contribution in [2.45, 2.75) is 25.9 Å². The quantitative estimate of drug-likeness (QED) is 0.575. The van der Waals surface area contributed by atoms with Gasteiger partial charge in [0.25, 0.3) is 5.56 Å². The maximum absolute atomic E-state index is 12.8. The highest BCUT2D eigenvalue weighted by Gasteiger charge is 2.10. The molecule has 0 aliphatic carbocycles. The van der Waals surface area contributed by atoms with E-state index in [1.165, 1.54) is 0 Å². The summed E-state index contributed by atoms with van der Waals surface area (Å²) in [5, 5.41) is 2.87. The van der Waals surface area contributed by atoms with Gasteiger partial charge in [0.05, 0.1) is 23.3 Å². The van der Waals surface area contributed by atoms with Crippen molar-refractivity contribution in [2.75, 3.05) is 0 Å². The van der Waals surface area contributed by atoms with Gasteiger partial charge >= 0.3 is 0 Å². The molecule has 6 heteroatoms. The van der Waals surface area contributed by atoms with E-state index in [1.54, 1.807) is 10.8 Å². The first-order chi connectivity index (χ1) is 13.2. The van der Waals surface area contributed by atoms with E-state index in [4.69, 9.17) is 0 Å². The van der Waals surface area contributed by atoms with E-state index in [1.807, 2.05) is 65.2 Å². The molecule has 1 aromatic carbocycles. The fraction of sp³-hybridized carbons (Fsp3) is 0.190. The number of hydrogen-bond donors (Lipinski definition) is 1. The number of nitrogens with zero attached hydrogens (tertiary/aromatic N) is 3. The average Bonchev–Trinajstić information content (AvgIpc) is 3.20. The van der Waals surface area contributed by atoms with Crippen molar-refractivity contribution >= 4 is 22.5 Å². The smallest absolute Gasteiger partial charge is 0.275 e. The lowest BCUT2D eigenvalue weighted by Crippen LogP contribution is -2.25. The number of aryl methyl sites for hydroxylation is 1. The summed E-state index contributed by atoms with van der Waals surface area (Å²) in [6, 6.07) is 17.1. The standard InChI is InChI=1S/C21H20N4O2/c26-20(23-15-16-7-3-4-12-22-16)11-6-14-25-18-9-2-1-8-17(18)24-13-5-10-19(24)21(25)27/h1-5,7-10,12-13H,6,11,14-15H2,(H,23,26). The molecule has 0 atom stereocenters. The molecule has 136 valence electrons. The number of hydrogen-bond acceptors (Lipinski definition) is 3. The van der Waals surface area contributed by atoms with Gasteiger partial charge in [-0.1, -0.05) is 18.2 Å². The second-order valence-electron chi connectivity index (χ2n) is 6.41. The third kappa shape index (κ3) is 3.46. The lowest BCUT2D eigenvalue weighted by atomic mass is 10.2. The predicted molar refractivity (Wildman–Crippen MR) is 104 cm³/mol. The van der Waals surface area contributed by atoms with Gasteiger partial charge in [-0.15, -0.1) is 0 Å². The molecule has 0 aliphatic rings. The fourth-order valence-corrected chi connectivity index (χ4v) is 3.31. The van der Waals surface area contributed by atoms with Crippen LogP contribution in [0.4, 0.5) is 0 Å². The maximum Gasteiger partial charge on any atom is 0.275 e. The number of benzene rings is 1. The second-order valence-corrected chi connectivity index (χ2v) is 6.41. The van der Waals surface area contributed by atoms with Gasteiger partial charge in [0, 0.05) is 25.4 Å². The van der Waals surface area contributed by atoms with Gasteiger partial charge in [0.1, 0.15) is 5.52 Å². The van der Waals surface area contributed by atoms with Crippen LogP contribution in [0, 0.1) is 0 Å². The molecule has 0 bridgehead atoms. The van der Waals surface area contributed by atoms with Crippen LogP contribution >= 0.6 is 0 Å². The van der Waals surface area contributed by atoms with E-state index >= 15 is 0 Å². The molecule has 0 fully saturated rings. The van der Waals surface area contributed by atoms with Gasteiger partial charge in [0.15, 0.2) is 0 Å². The Hall–Kier alpha value is -3.41. The molecule has 4 rings (SSSR count). The fourth-order valence-electron chi connectivity index (χ4n) is 3.31. The van der Waals surface area contributed by atoms with Crippen molar-refractivity contribution in [1.82, 2.24) is 19.3 Å². The Kier molecular flexibility index (Phi) is 4.70. The number of rotatable bonds is 6. The van der Waals surface area contributed by atoms with Crippen molar-refractivity contribution < 1.29 is 4.79 Å². The first-order valence-electron chi connectivity index (χ1n) is 8.99. The Balaban J connectivity index is 1.46. The SMILES string of the molecule is O=C(CCCn1c(=O)c2cccn2c2ccccc21)NCc1ccccn1. The zero-order valence-corrected chi connectivity index (χ0v) is 14.8. The molecule has 1 amide bonds. The monoisotopic (exact) mass is 360 g/mol. The normalized spacial score (nSPS) is 11.1.